The Morgan fingerprint density at radius 1 is 0.939 bits per heavy atom. The Bertz CT molecular complexity index is 1440. The molecule has 1 fully saturated rings. The van der Waals surface area contributed by atoms with Gasteiger partial charge in [-0.1, -0.05) is 38.8 Å². The molecule has 6 nitrogen and oxygen atoms in total. The van der Waals surface area contributed by atoms with E-state index in [9.17, 15) is 9.59 Å². The maximum absolute atomic E-state index is 13.5. The molecule has 0 bridgehead atoms. The lowest BCUT2D eigenvalue weighted by molar-refractivity contribution is 0.183. The summed E-state index contributed by atoms with van der Waals surface area (Å²) in [5, 5.41) is 0.980. The first kappa shape index (κ1) is 21.4. The van der Waals surface area contributed by atoms with Gasteiger partial charge in [-0.3, -0.25) is 9.59 Å². The van der Waals surface area contributed by atoms with Crippen molar-refractivity contribution in [1.82, 2.24) is 14.1 Å². The first-order chi connectivity index (χ1) is 16.0. The van der Waals surface area contributed by atoms with Crippen LogP contribution in [0.2, 0.25) is 0 Å². The van der Waals surface area contributed by atoms with Crippen molar-refractivity contribution in [3.05, 3.63) is 81.1 Å². The molecular formula is C27H29N3O3. The van der Waals surface area contributed by atoms with E-state index >= 15 is 0 Å². The predicted molar refractivity (Wildman–Crippen MR) is 131 cm³/mol. The van der Waals surface area contributed by atoms with Gasteiger partial charge in [-0.15, -0.1) is 0 Å². The Balaban J connectivity index is 1.58. The fourth-order valence-corrected chi connectivity index (χ4v) is 5.14. The molecule has 170 valence electrons. The average molecular weight is 444 g/mol. The summed E-state index contributed by atoms with van der Waals surface area (Å²) in [6, 6.07) is 13.3. The molecule has 0 aliphatic heterocycles. The van der Waals surface area contributed by atoms with E-state index in [1.807, 2.05) is 47.2 Å². The van der Waals surface area contributed by atoms with E-state index in [1.54, 1.807) is 23.9 Å². The maximum Gasteiger partial charge on any atom is 0.260 e. The van der Waals surface area contributed by atoms with Crippen LogP contribution in [0.3, 0.4) is 0 Å². The third kappa shape index (κ3) is 3.84. The summed E-state index contributed by atoms with van der Waals surface area (Å²) in [4.78, 5) is 31.4. The number of hydrogen-bond donors (Lipinski definition) is 0. The topological polar surface area (TPSA) is 66.1 Å². The SMILES string of the molecule is COc1ccc(Cn2ccc3nc4ccn([C@H]5CCC[C@H](C)[C@@H]5C)c(=O)c4cc3c2=O)cc1. The second kappa shape index (κ2) is 8.50. The molecule has 33 heavy (non-hydrogen) atoms. The Labute approximate surface area is 192 Å². The van der Waals surface area contributed by atoms with Crippen LogP contribution in [0.5, 0.6) is 5.75 Å². The summed E-state index contributed by atoms with van der Waals surface area (Å²) in [5.41, 5.74) is 2.03. The monoisotopic (exact) mass is 443 g/mol. The molecule has 3 atom stereocenters. The number of pyridine rings is 3. The van der Waals surface area contributed by atoms with Crippen LogP contribution in [0.4, 0.5) is 0 Å². The minimum Gasteiger partial charge on any atom is -0.497 e. The van der Waals surface area contributed by atoms with Gasteiger partial charge in [0, 0.05) is 18.4 Å². The minimum atomic E-state index is -0.146. The zero-order chi connectivity index (χ0) is 23.1. The van der Waals surface area contributed by atoms with Gasteiger partial charge in [0.15, 0.2) is 0 Å². The van der Waals surface area contributed by atoms with Crippen molar-refractivity contribution in [2.75, 3.05) is 7.11 Å². The zero-order valence-corrected chi connectivity index (χ0v) is 19.3. The van der Waals surface area contributed by atoms with Crippen molar-refractivity contribution in [3.8, 4) is 5.75 Å². The number of fused-ring (bicyclic) bond motifs is 2. The van der Waals surface area contributed by atoms with Crippen LogP contribution in [0.25, 0.3) is 21.8 Å². The van der Waals surface area contributed by atoms with Crippen LogP contribution in [0.1, 0.15) is 44.7 Å². The van der Waals surface area contributed by atoms with Gasteiger partial charge >= 0.3 is 0 Å². The van der Waals surface area contributed by atoms with E-state index in [0.717, 1.165) is 24.2 Å². The molecule has 0 spiro atoms. The number of aromatic nitrogens is 3. The second-order valence-corrected chi connectivity index (χ2v) is 9.31. The molecule has 1 saturated carbocycles. The fourth-order valence-electron chi connectivity index (χ4n) is 5.14. The van der Waals surface area contributed by atoms with Crippen LogP contribution in [0.15, 0.2) is 64.4 Å². The number of hydrogen-bond acceptors (Lipinski definition) is 4. The van der Waals surface area contributed by atoms with Crippen LogP contribution in [-0.2, 0) is 6.54 Å². The highest BCUT2D eigenvalue weighted by Gasteiger charge is 2.29. The largest absolute Gasteiger partial charge is 0.497 e. The number of rotatable bonds is 4. The van der Waals surface area contributed by atoms with Gasteiger partial charge in [-0.05, 0) is 54.2 Å². The van der Waals surface area contributed by atoms with Crippen molar-refractivity contribution < 1.29 is 4.74 Å². The van der Waals surface area contributed by atoms with Crippen molar-refractivity contribution in [3.63, 3.8) is 0 Å². The van der Waals surface area contributed by atoms with E-state index in [-0.39, 0.29) is 17.2 Å². The van der Waals surface area contributed by atoms with Gasteiger partial charge in [0.25, 0.3) is 11.1 Å². The normalized spacial score (nSPS) is 20.9. The number of ether oxygens (including phenoxy) is 1. The summed E-state index contributed by atoms with van der Waals surface area (Å²) in [6.45, 7) is 4.94. The Morgan fingerprint density at radius 2 is 1.64 bits per heavy atom. The average Bonchev–Trinajstić information content (AvgIpc) is 2.83. The number of methoxy groups -OCH3 is 1. The van der Waals surface area contributed by atoms with Gasteiger partial charge in [0.05, 0.1) is 35.5 Å². The van der Waals surface area contributed by atoms with E-state index in [4.69, 9.17) is 4.74 Å². The lowest BCUT2D eigenvalue weighted by Gasteiger charge is -2.35. The Kier molecular flexibility index (Phi) is 5.52. The van der Waals surface area contributed by atoms with Gasteiger partial charge in [0.2, 0.25) is 0 Å². The molecule has 5 rings (SSSR count). The molecule has 0 amide bonds. The van der Waals surface area contributed by atoms with Gasteiger partial charge in [0.1, 0.15) is 5.75 Å². The van der Waals surface area contributed by atoms with Crippen LogP contribution < -0.4 is 15.9 Å². The van der Waals surface area contributed by atoms with Crippen LogP contribution >= 0.6 is 0 Å². The van der Waals surface area contributed by atoms with Gasteiger partial charge in [-0.25, -0.2) is 4.98 Å². The molecule has 0 N–H and O–H groups in total. The van der Waals surface area contributed by atoms with E-state index < -0.39 is 0 Å². The summed E-state index contributed by atoms with van der Waals surface area (Å²) in [7, 11) is 1.63. The lowest BCUT2D eigenvalue weighted by Crippen LogP contribution is -2.33. The molecule has 1 aliphatic rings. The number of nitrogens with zero attached hydrogens (tertiary/aromatic N) is 3. The molecule has 0 unspecified atom stereocenters. The molecule has 0 saturated heterocycles. The Hall–Kier alpha value is -3.41. The summed E-state index contributed by atoms with van der Waals surface area (Å²) < 4.78 is 8.74. The van der Waals surface area contributed by atoms with Gasteiger partial charge in [-0.2, -0.15) is 0 Å². The lowest BCUT2D eigenvalue weighted by atomic mass is 9.78. The molecular weight excluding hydrogens is 414 g/mol. The van der Waals surface area contributed by atoms with Crippen LogP contribution in [-0.4, -0.2) is 21.2 Å². The standard InChI is InChI=1S/C27H29N3O3/c1-17-5-4-6-25(18(17)2)30-14-12-24-22(27(30)32)15-21-23(28-24)11-13-29(26(21)31)16-19-7-9-20(33-3)10-8-19/h7-15,17-18,25H,4-6,16H2,1-3H3/t17-,18-,25-/m0/s1. The highest BCUT2D eigenvalue weighted by molar-refractivity contribution is 5.91. The van der Waals surface area contributed by atoms with Crippen molar-refractivity contribution in [1.29, 1.82) is 0 Å². The summed E-state index contributed by atoms with van der Waals surface area (Å²) in [5.74, 6) is 1.80. The quantitative estimate of drug-likeness (QED) is 0.426. The minimum absolute atomic E-state index is 0.0576. The van der Waals surface area contributed by atoms with Gasteiger partial charge < -0.3 is 13.9 Å². The van der Waals surface area contributed by atoms with E-state index in [2.05, 4.69) is 18.8 Å². The highest BCUT2D eigenvalue weighted by Crippen LogP contribution is 2.37. The highest BCUT2D eigenvalue weighted by atomic mass is 16.5. The summed E-state index contributed by atoms with van der Waals surface area (Å²) in [6.07, 6.45) is 6.99. The molecule has 3 heterocycles. The van der Waals surface area contributed by atoms with Crippen LogP contribution in [0, 0.1) is 11.8 Å². The number of benzene rings is 1. The predicted octanol–water partition coefficient (Wildman–Crippen LogP) is 4.77. The Morgan fingerprint density at radius 3 is 2.36 bits per heavy atom. The molecule has 1 aromatic carbocycles. The smallest absolute Gasteiger partial charge is 0.260 e. The molecule has 4 aromatic rings. The fraction of sp³-hybridized carbons (Fsp3) is 0.370. The van der Waals surface area contributed by atoms with Crippen molar-refractivity contribution >= 4 is 21.8 Å². The summed E-state index contributed by atoms with van der Waals surface area (Å²) >= 11 is 0. The molecule has 0 radical (unpaired) electrons. The zero-order valence-electron chi connectivity index (χ0n) is 19.3. The molecule has 3 aromatic heterocycles. The first-order valence-corrected chi connectivity index (χ1v) is 11.6. The molecule has 6 heteroatoms. The van der Waals surface area contributed by atoms with Crippen molar-refractivity contribution in [2.45, 2.75) is 45.7 Å². The maximum atomic E-state index is 13.5. The second-order valence-electron chi connectivity index (χ2n) is 9.31. The third-order valence-corrected chi connectivity index (χ3v) is 7.38. The molecule has 1 aliphatic carbocycles. The first-order valence-electron chi connectivity index (χ1n) is 11.6. The van der Waals surface area contributed by atoms with E-state index in [1.165, 1.54) is 6.42 Å². The third-order valence-electron chi connectivity index (χ3n) is 7.38. The van der Waals surface area contributed by atoms with E-state index in [0.29, 0.717) is 40.2 Å². The van der Waals surface area contributed by atoms with Crippen molar-refractivity contribution in [2.24, 2.45) is 11.8 Å².